The summed E-state index contributed by atoms with van der Waals surface area (Å²) in [6, 6.07) is 4.94. The Bertz CT molecular complexity index is 707. The summed E-state index contributed by atoms with van der Waals surface area (Å²) < 4.78 is 40.7. The second-order valence-electron chi connectivity index (χ2n) is 4.72. The molecule has 1 unspecified atom stereocenters. The zero-order chi connectivity index (χ0) is 18.4. The number of ether oxygens (including phenoxy) is 1. The summed E-state index contributed by atoms with van der Waals surface area (Å²) >= 11 is 2.59. The maximum absolute atomic E-state index is 12.2. The van der Waals surface area contributed by atoms with E-state index in [4.69, 9.17) is 0 Å². The van der Waals surface area contributed by atoms with Gasteiger partial charge in [-0.25, -0.2) is 0 Å². The van der Waals surface area contributed by atoms with Crippen molar-refractivity contribution < 1.29 is 22.7 Å². The number of carbonyl (C=O) groups excluding carboxylic acids is 1. The predicted molar refractivity (Wildman–Crippen MR) is 91.1 cm³/mol. The van der Waals surface area contributed by atoms with Gasteiger partial charge in [0.1, 0.15) is 5.75 Å². The number of nitrogens with one attached hydrogen (secondary N) is 2. The van der Waals surface area contributed by atoms with Crippen molar-refractivity contribution in [1.29, 1.82) is 0 Å². The minimum Gasteiger partial charge on any atom is -0.406 e. The molecule has 0 aliphatic carbocycles. The van der Waals surface area contributed by atoms with Crippen molar-refractivity contribution in [2.45, 2.75) is 29.8 Å². The molecule has 1 aromatic carbocycles. The first-order chi connectivity index (χ1) is 11.8. The number of anilines is 2. The number of alkyl halides is 3. The molecule has 11 heteroatoms. The van der Waals surface area contributed by atoms with Gasteiger partial charge >= 0.3 is 6.36 Å². The van der Waals surface area contributed by atoms with Crippen LogP contribution in [0.1, 0.15) is 13.8 Å². The minimum atomic E-state index is -4.75. The fourth-order valence-electron chi connectivity index (χ4n) is 1.67. The maximum atomic E-state index is 12.2. The number of aromatic nitrogens is 2. The Kier molecular flexibility index (Phi) is 6.48. The second kappa shape index (κ2) is 8.39. The van der Waals surface area contributed by atoms with Crippen molar-refractivity contribution in [2.75, 3.05) is 17.2 Å². The monoisotopic (exact) mass is 392 g/mol. The molecule has 6 nitrogen and oxygen atoms in total. The van der Waals surface area contributed by atoms with Gasteiger partial charge in [0.2, 0.25) is 11.0 Å². The molecular formula is C14H15F3N4O2S2. The van der Waals surface area contributed by atoms with E-state index in [-0.39, 0.29) is 11.7 Å². The van der Waals surface area contributed by atoms with Gasteiger partial charge in [-0.2, -0.15) is 0 Å². The van der Waals surface area contributed by atoms with Gasteiger partial charge in [-0.05, 0) is 38.1 Å². The lowest BCUT2D eigenvalue weighted by molar-refractivity contribution is -0.274. The Morgan fingerprint density at radius 2 is 2.00 bits per heavy atom. The minimum absolute atomic E-state index is 0.297. The van der Waals surface area contributed by atoms with E-state index in [1.807, 2.05) is 6.92 Å². The summed E-state index contributed by atoms with van der Waals surface area (Å²) in [5, 5.41) is 13.8. The normalized spacial score (nSPS) is 12.5. The van der Waals surface area contributed by atoms with Crippen LogP contribution in [0.3, 0.4) is 0 Å². The lowest BCUT2D eigenvalue weighted by atomic mass is 10.3. The van der Waals surface area contributed by atoms with Crippen LogP contribution in [0.5, 0.6) is 5.75 Å². The van der Waals surface area contributed by atoms with Crippen molar-refractivity contribution >= 4 is 39.8 Å². The molecule has 2 aromatic rings. The summed E-state index contributed by atoms with van der Waals surface area (Å²) in [4.78, 5) is 12.2. The largest absolute Gasteiger partial charge is 0.573 e. The molecule has 2 N–H and O–H groups in total. The standard InChI is InChI=1S/C14H15F3N4O2S2/c1-3-18-12-20-21-13(25-12)24-8(2)11(22)19-9-4-6-10(7-5-9)23-14(15,16)17/h4-8H,3H2,1-2H3,(H,18,20)(H,19,22). The highest BCUT2D eigenvalue weighted by Gasteiger charge is 2.31. The summed E-state index contributed by atoms with van der Waals surface area (Å²) in [6.45, 7) is 4.37. The smallest absolute Gasteiger partial charge is 0.406 e. The van der Waals surface area contributed by atoms with Gasteiger partial charge in [0, 0.05) is 12.2 Å². The van der Waals surface area contributed by atoms with E-state index >= 15 is 0 Å². The summed E-state index contributed by atoms with van der Waals surface area (Å²) in [5.41, 5.74) is 0.373. The molecule has 0 spiro atoms. The van der Waals surface area contributed by atoms with Crippen LogP contribution in [0, 0.1) is 0 Å². The van der Waals surface area contributed by atoms with E-state index < -0.39 is 11.6 Å². The van der Waals surface area contributed by atoms with Crippen LogP contribution in [0.4, 0.5) is 24.0 Å². The molecule has 2 rings (SSSR count). The van der Waals surface area contributed by atoms with E-state index in [0.29, 0.717) is 15.2 Å². The third-order valence-electron chi connectivity index (χ3n) is 2.74. The highest BCUT2D eigenvalue weighted by molar-refractivity contribution is 8.02. The molecule has 0 fully saturated rings. The molecular weight excluding hydrogens is 377 g/mol. The van der Waals surface area contributed by atoms with Crippen LogP contribution in [0.25, 0.3) is 0 Å². The van der Waals surface area contributed by atoms with Crippen molar-refractivity contribution in [3.8, 4) is 5.75 Å². The van der Waals surface area contributed by atoms with Gasteiger partial charge in [-0.15, -0.1) is 23.4 Å². The van der Waals surface area contributed by atoms with Crippen molar-refractivity contribution in [3.63, 3.8) is 0 Å². The zero-order valence-corrected chi connectivity index (χ0v) is 14.9. The van der Waals surface area contributed by atoms with E-state index in [1.165, 1.54) is 35.2 Å². The van der Waals surface area contributed by atoms with E-state index in [2.05, 4.69) is 25.6 Å². The fourth-order valence-corrected chi connectivity index (χ4v) is 3.63. The summed E-state index contributed by atoms with van der Waals surface area (Å²) in [6.07, 6.45) is -4.75. The Morgan fingerprint density at radius 1 is 1.32 bits per heavy atom. The van der Waals surface area contributed by atoms with Crippen LogP contribution >= 0.6 is 23.1 Å². The average molecular weight is 392 g/mol. The van der Waals surface area contributed by atoms with Crippen LogP contribution in [0.2, 0.25) is 0 Å². The highest BCUT2D eigenvalue weighted by atomic mass is 32.2. The average Bonchev–Trinajstić information content (AvgIpc) is 2.95. The number of halogens is 3. The van der Waals surface area contributed by atoms with Crippen LogP contribution in [0.15, 0.2) is 28.6 Å². The number of hydrogen-bond acceptors (Lipinski definition) is 7. The Hall–Kier alpha value is -2.01. The molecule has 1 heterocycles. The molecule has 1 amide bonds. The topological polar surface area (TPSA) is 76.1 Å². The lowest BCUT2D eigenvalue weighted by Crippen LogP contribution is -2.22. The number of rotatable bonds is 7. The van der Waals surface area contributed by atoms with Crippen molar-refractivity contribution in [2.24, 2.45) is 0 Å². The number of amides is 1. The lowest BCUT2D eigenvalue weighted by Gasteiger charge is -2.12. The fraction of sp³-hybridized carbons (Fsp3) is 0.357. The third-order valence-corrected chi connectivity index (χ3v) is 4.80. The van der Waals surface area contributed by atoms with Crippen LogP contribution < -0.4 is 15.4 Å². The summed E-state index contributed by atoms with van der Waals surface area (Å²) in [5.74, 6) is -0.646. The van der Waals surface area contributed by atoms with Crippen molar-refractivity contribution in [1.82, 2.24) is 10.2 Å². The number of benzene rings is 1. The number of nitrogens with zero attached hydrogens (tertiary/aromatic N) is 2. The molecule has 0 aliphatic rings. The van der Waals surface area contributed by atoms with Crippen molar-refractivity contribution in [3.05, 3.63) is 24.3 Å². The maximum Gasteiger partial charge on any atom is 0.573 e. The van der Waals surface area contributed by atoms with Crippen LogP contribution in [-0.4, -0.2) is 34.3 Å². The molecule has 25 heavy (non-hydrogen) atoms. The van der Waals surface area contributed by atoms with Gasteiger partial charge in [0.15, 0.2) is 4.34 Å². The predicted octanol–water partition coefficient (Wildman–Crippen LogP) is 3.99. The van der Waals surface area contributed by atoms with Gasteiger partial charge in [0.25, 0.3) is 0 Å². The Balaban J connectivity index is 1.89. The van der Waals surface area contributed by atoms with Gasteiger partial charge in [-0.1, -0.05) is 23.1 Å². The van der Waals surface area contributed by atoms with E-state index in [0.717, 1.165) is 18.7 Å². The second-order valence-corrected chi connectivity index (χ2v) is 7.29. The van der Waals surface area contributed by atoms with Crippen LogP contribution in [-0.2, 0) is 4.79 Å². The Labute approximate surface area is 150 Å². The highest BCUT2D eigenvalue weighted by Crippen LogP contribution is 2.29. The molecule has 0 bridgehead atoms. The number of carbonyl (C=O) groups is 1. The van der Waals surface area contributed by atoms with Gasteiger partial charge in [-0.3, -0.25) is 4.79 Å². The first kappa shape index (κ1) is 19.3. The third kappa shape index (κ3) is 6.42. The molecule has 0 saturated heterocycles. The summed E-state index contributed by atoms with van der Waals surface area (Å²) in [7, 11) is 0. The van der Waals surface area contributed by atoms with Gasteiger partial charge in [0.05, 0.1) is 5.25 Å². The van der Waals surface area contributed by atoms with Gasteiger partial charge < -0.3 is 15.4 Å². The number of hydrogen-bond donors (Lipinski definition) is 2. The quantitative estimate of drug-likeness (QED) is 0.694. The molecule has 0 radical (unpaired) electrons. The SMILES string of the molecule is CCNc1nnc(SC(C)C(=O)Nc2ccc(OC(F)(F)F)cc2)s1. The zero-order valence-electron chi connectivity index (χ0n) is 13.3. The molecule has 1 atom stereocenters. The molecule has 136 valence electrons. The number of thioether (sulfide) groups is 1. The van der Waals surface area contributed by atoms with E-state index in [1.54, 1.807) is 6.92 Å². The molecule has 0 saturated carbocycles. The molecule has 1 aromatic heterocycles. The Morgan fingerprint density at radius 3 is 2.60 bits per heavy atom. The first-order valence-corrected chi connectivity index (χ1v) is 8.87. The van der Waals surface area contributed by atoms with E-state index in [9.17, 15) is 18.0 Å². The first-order valence-electron chi connectivity index (χ1n) is 7.17. The molecule has 0 aliphatic heterocycles.